The lowest BCUT2D eigenvalue weighted by Gasteiger charge is -2.25. The summed E-state index contributed by atoms with van der Waals surface area (Å²) in [7, 11) is -2.05. The van der Waals surface area contributed by atoms with E-state index in [4.69, 9.17) is 0 Å². The fourth-order valence-corrected chi connectivity index (χ4v) is 3.37. The van der Waals surface area contributed by atoms with Crippen LogP contribution in [-0.4, -0.2) is 44.4 Å². The number of nitrogens with zero attached hydrogens (tertiary/aromatic N) is 2. The summed E-state index contributed by atoms with van der Waals surface area (Å²) in [6, 6.07) is 11.2. The van der Waals surface area contributed by atoms with Gasteiger partial charge in [-0.3, -0.25) is 10.1 Å². The third kappa shape index (κ3) is 4.60. The fraction of sp³-hybridized carbons (Fsp3) is 0.294. The van der Waals surface area contributed by atoms with E-state index in [2.05, 4.69) is 5.32 Å². The molecule has 7 nitrogen and oxygen atoms in total. The van der Waals surface area contributed by atoms with E-state index in [9.17, 15) is 31.7 Å². The van der Waals surface area contributed by atoms with Gasteiger partial charge in [0.05, 0.1) is 15.9 Å². The van der Waals surface area contributed by atoms with Crippen molar-refractivity contribution in [2.45, 2.75) is 16.4 Å². The van der Waals surface area contributed by atoms with Gasteiger partial charge < -0.3 is 10.2 Å². The molecule has 0 aliphatic rings. The van der Waals surface area contributed by atoms with E-state index < -0.39 is 30.9 Å². The lowest BCUT2D eigenvalue weighted by atomic mass is 10.1. The third-order valence-corrected chi connectivity index (χ3v) is 5.56. The molecule has 0 heterocycles. The molecule has 0 bridgehead atoms. The number of benzene rings is 2. The Bertz CT molecular complexity index is 948. The van der Waals surface area contributed by atoms with Crippen molar-refractivity contribution < 1.29 is 26.5 Å². The minimum absolute atomic E-state index is 0.0751. The summed E-state index contributed by atoms with van der Waals surface area (Å²) in [5, 5.41) is 14.1. The van der Waals surface area contributed by atoms with E-state index in [1.54, 1.807) is 0 Å². The van der Waals surface area contributed by atoms with E-state index in [0.29, 0.717) is 12.1 Å². The maximum atomic E-state index is 12.7. The van der Waals surface area contributed by atoms with Crippen LogP contribution in [0.2, 0.25) is 0 Å². The predicted molar refractivity (Wildman–Crippen MR) is 97.7 cm³/mol. The summed E-state index contributed by atoms with van der Waals surface area (Å²) in [6.45, 7) is 0.212. The number of hydrogen-bond donors (Lipinski definition) is 1. The van der Waals surface area contributed by atoms with E-state index >= 15 is 0 Å². The van der Waals surface area contributed by atoms with Gasteiger partial charge in [0.2, 0.25) is 0 Å². The molecule has 152 valence electrons. The molecule has 0 saturated heterocycles. The van der Waals surface area contributed by atoms with E-state index in [1.165, 1.54) is 0 Å². The van der Waals surface area contributed by atoms with Crippen LogP contribution in [-0.2, 0) is 9.84 Å². The second kappa shape index (κ2) is 8.15. The molecule has 1 atom stereocenters. The molecule has 0 fully saturated rings. The third-order valence-electron chi connectivity index (χ3n) is 4.07. The number of nitro benzene ring substituents is 1. The molecule has 0 spiro atoms. The first-order valence-electron chi connectivity index (χ1n) is 8.00. The van der Waals surface area contributed by atoms with Crippen LogP contribution in [0.15, 0.2) is 53.4 Å². The van der Waals surface area contributed by atoms with Crippen molar-refractivity contribution in [2.24, 2.45) is 0 Å². The largest absolute Gasteiger partial charge is 0.501 e. The highest BCUT2D eigenvalue weighted by Crippen LogP contribution is 2.35. The minimum atomic E-state index is -5.68. The van der Waals surface area contributed by atoms with Crippen molar-refractivity contribution >= 4 is 21.2 Å². The summed E-state index contributed by atoms with van der Waals surface area (Å²) >= 11 is 0. The molecule has 2 aromatic carbocycles. The van der Waals surface area contributed by atoms with Gasteiger partial charge in [0.1, 0.15) is 5.69 Å². The van der Waals surface area contributed by atoms with Gasteiger partial charge in [-0.1, -0.05) is 30.3 Å². The van der Waals surface area contributed by atoms with Crippen molar-refractivity contribution in [1.29, 1.82) is 0 Å². The van der Waals surface area contributed by atoms with Crippen LogP contribution in [0, 0.1) is 10.1 Å². The van der Waals surface area contributed by atoms with Gasteiger partial charge in [0, 0.05) is 12.6 Å². The van der Waals surface area contributed by atoms with Gasteiger partial charge in [0.15, 0.2) is 0 Å². The summed E-state index contributed by atoms with van der Waals surface area (Å²) in [6.07, 6.45) is 0. The lowest BCUT2D eigenvalue weighted by molar-refractivity contribution is -0.384. The van der Waals surface area contributed by atoms with Crippen LogP contribution in [0.4, 0.5) is 24.5 Å². The van der Waals surface area contributed by atoms with Crippen LogP contribution in [0.3, 0.4) is 0 Å². The summed E-state index contributed by atoms with van der Waals surface area (Å²) in [5.74, 6) is 0. The van der Waals surface area contributed by atoms with Crippen molar-refractivity contribution in [1.82, 2.24) is 4.90 Å². The van der Waals surface area contributed by atoms with E-state index in [1.807, 2.05) is 49.3 Å². The molecule has 0 saturated carbocycles. The average Bonchev–Trinajstić information content (AvgIpc) is 2.61. The molecule has 1 unspecified atom stereocenters. The Kier molecular flexibility index (Phi) is 6.30. The number of anilines is 1. The Morgan fingerprint density at radius 3 is 2.25 bits per heavy atom. The number of sulfone groups is 1. The molecule has 0 aliphatic carbocycles. The van der Waals surface area contributed by atoms with Gasteiger partial charge >= 0.3 is 5.51 Å². The number of alkyl halides is 3. The molecule has 0 amide bonds. The van der Waals surface area contributed by atoms with Gasteiger partial charge in [-0.2, -0.15) is 13.2 Å². The van der Waals surface area contributed by atoms with Gasteiger partial charge in [-0.15, -0.1) is 0 Å². The maximum Gasteiger partial charge on any atom is 0.501 e. The topological polar surface area (TPSA) is 92.6 Å². The van der Waals surface area contributed by atoms with Gasteiger partial charge in [-0.05, 0) is 31.8 Å². The SMILES string of the molecule is CN(C)C(CNc1ccc(S(=O)(=O)C(F)(F)F)cc1[N+](=O)[O-])c1ccccc1. The molecule has 28 heavy (non-hydrogen) atoms. The van der Waals surface area contributed by atoms with E-state index in [-0.39, 0.29) is 18.3 Å². The number of nitro groups is 1. The van der Waals surface area contributed by atoms with Crippen LogP contribution in [0.5, 0.6) is 0 Å². The smallest absolute Gasteiger partial charge is 0.378 e. The van der Waals surface area contributed by atoms with Crippen LogP contribution < -0.4 is 5.32 Å². The number of nitrogens with one attached hydrogen (secondary N) is 1. The Hall–Kier alpha value is -2.66. The minimum Gasteiger partial charge on any atom is -0.378 e. The molecule has 11 heteroatoms. The first kappa shape index (κ1) is 21.6. The Morgan fingerprint density at radius 2 is 1.75 bits per heavy atom. The van der Waals surface area contributed by atoms with Crippen LogP contribution >= 0.6 is 0 Å². The van der Waals surface area contributed by atoms with E-state index in [0.717, 1.165) is 11.6 Å². The zero-order valence-electron chi connectivity index (χ0n) is 15.0. The highest BCUT2D eigenvalue weighted by molar-refractivity contribution is 7.92. The summed E-state index contributed by atoms with van der Waals surface area (Å²) in [5.41, 5.74) is -5.44. The highest BCUT2D eigenvalue weighted by Gasteiger charge is 2.47. The quantitative estimate of drug-likeness (QED) is 0.547. The average molecular weight is 417 g/mol. The molecule has 1 N–H and O–H groups in total. The van der Waals surface area contributed by atoms with Crippen molar-refractivity contribution in [3.05, 3.63) is 64.2 Å². The molecule has 0 aliphatic heterocycles. The zero-order valence-corrected chi connectivity index (χ0v) is 15.8. The summed E-state index contributed by atoms with van der Waals surface area (Å²) < 4.78 is 61.1. The fourth-order valence-electron chi connectivity index (χ4n) is 2.59. The predicted octanol–water partition coefficient (Wildman–Crippen LogP) is 3.60. The zero-order chi connectivity index (χ0) is 21.1. The van der Waals surface area contributed by atoms with Gasteiger partial charge in [0.25, 0.3) is 15.5 Å². The second-order valence-electron chi connectivity index (χ2n) is 6.16. The van der Waals surface area contributed by atoms with Crippen LogP contribution in [0.25, 0.3) is 0 Å². The molecule has 2 rings (SSSR count). The molecule has 0 aromatic heterocycles. The van der Waals surface area contributed by atoms with Crippen LogP contribution in [0.1, 0.15) is 11.6 Å². The standard InChI is InChI=1S/C17H18F3N3O4S/c1-22(2)16(12-6-4-3-5-7-12)11-21-14-9-8-13(10-15(14)23(24)25)28(26,27)17(18,19)20/h3-10,16,21H,11H2,1-2H3. The van der Waals surface area contributed by atoms with Crippen molar-refractivity contribution in [3.63, 3.8) is 0 Å². The monoisotopic (exact) mass is 417 g/mol. The number of rotatable bonds is 7. The molecular weight excluding hydrogens is 399 g/mol. The normalized spacial score (nSPS) is 13.4. The molecule has 2 aromatic rings. The Labute approximate surface area is 159 Å². The molecule has 0 radical (unpaired) electrons. The number of halogens is 3. The summed E-state index contributed by atoms with van der Waals surface area (Å²) in [4.78, 5) is 11.0. The highest BCUT2D eigenvalue weighted by atomic mass is 32.2. The second-order valence-corrected chi connectivity index (χ2v) is 8.10. The van der Waals surface area contributed by atoms with Gasteiger partial charge in [-0.25, -0.2) is 8.42 Å². The first-order valence-corrected chi connectivity index (χ1v) is 9.48. The van der Waals surface area contributed by atoms with Crippen molar-refractivity contribution in [2.75, 3.05) is 26.0 Å². The maximum absolute atomic E-state index is 12.7. The lowest BCUT2D eigenvalue weighted by Crippen LogP contribution is -2.27. The first-order chi connectivity index (χ1) is 12.9. The number of likely N-dealkylation sites (N-methyl/N-ethyl adjacent to an activating group) is 1. The number of hydrogen-bond acceptors (Lipinski definition) is 6. The Balaban J connectivity index is 2.35. The molecular formula is C17H18F3N3O4S. The Morgan fingerprint density at radius 1 is 1.14 bits per heavy atom. The van der Waals surface area contributed by atoms with Crippen molar-refractivity contribution in [3.8, 4) is 0 Å².